The fourth-order valence-electron chi connectivity index (χ4n) is 4.89. The minimum atomic E-state index is -5.57. The molecule has 0 bridgehead atoms. The lowest BCUT2D eigenvalue weighted by molar-refractivity contribution is -0.0521. The first-order chi connectivity index (χ1) is 18.4. The normalized spacial score (nSPS) is 21.3. The zero-order valence-corrected chi connectivity index (χ0v) is 22.5. The molecule has 0 radical (unpaired) electrons. The summed E-state index contributed by atoms with van der Waals surface area (Å²) in [6.45, 7) is -0.734. The number of halogens is 4. The Balaban J connectivity index is 1.48. The number of piperazine rings is 1. The summed E-state index contributed by atoms with van der Waals surface area (Å²) < 4.78 is 114. The molecule has 9 nitrogen and oxygen atoms in total. The molecule has 1 fully saturated rings. The third-order valence-corrected chi connectivity index (χ3v) is 10.8. The van der Waals surface area contributed by atoms with E-state index >= 15 is 0 Å². The van der Waals surface area contributed by atoms with Gasteiger partial charge in [0.15, 0.2) is 9.84 Å². The maximum atomic E-state index is 13.6. The van der Waals surface area contributed by atoms with Gasteiger partial charge in [-0.1, -0.05) is 18.2 Å². The van der Waals surface area contributed by atoms with Gasteiger partial charge < -0.3 is 4.74 Å². The second kappa shape index (κ2) is 10.4. The lowest BCUT2D eigenvalue weighted by Crippen LogP contribution is -2.54. The van der Waals surface area contributed by atoms with Gasteiger partial charge in [-0.3, -0.25) is 4.90 Å². The second-order valence-corrected chi connectivity index (χ2v) is 13.8. The number of fused-ring (bicyclic) bond motifs is 1. The van der Waals surface area contributed by atoms with Gasteiger partial charge >= 0.3 is 15.5 Å². The van der Waals surface area contributed by atoms with Crippen molar-refractivity contribution in [3.8, 4) is 5.75 Å². The molecule has 0 unspecified atom stereocenters. The number of nitrogens with zero attached hydrogens (tertiary/aromatic N) is 4. The van der Waals surface area contributed by atoms with Crippen LogP contribution in [0.4, 0.5) is 17.6 Å². The van der Waals surface area contributed by atoms with Gasteiger partial charge in [-0.05, 0) is 41.4 Å². The Hall–Kier alpha value is -2.66. The Kier molecular flexibility index (Phi) is 7.43. The van der Waals surface area contributed by atoms with Gasteiger partial charge in [0.25, 0.3) is 0 Å². The van der Waals surface area contributed by atoms with Crippen LogP contribution in [0.1, 0.15) is 34.6 Å². The van der Waals surface area contributed by atoms with Gasteiger partial charge in [0.05, 0.1) is 11.5 Å². The van der Waals surface area contributed by atoms with E-state index in [0.29, 0.717) is 32.6 Å². The summed E-state index contributed by atoms with van der Waals surface area (Å²) in [4.78, 5) is 5.81. The quantitative estimate of drug-likeness (QED) is 0.391. The molecule has 1 saturated heterocycles. The van der Waals surface area contributed by atoms with E-state index < -0.39 is 56.4 Å². The number of benzene rings is 2. The summed E-state index contributed by atoms with van der Waals surface area (Å²) in [6, 6.07) is 8.37. The topological polar surface area (TPSA) is 110 Å². The van der Waals surface area contributed by atoms with Crippen LogP contribution in [0, 0.1) is 5.82 Å². The lowest BCUT2D eigenvalue weighted by Gasteiger charge is -2.46. The van der Waals surface area contributed by atoms with Crippen LogP contribution in [0.5, 0.6) is 5.75 Å². The standard InChI is InChI=1S/C23H22F4N4O5S3/c24-16-3-1-15(2-4-16)20-12-30(39(34,35)23(25,26)27)8-9-31(20)19-7-10-36-21-11-17(5-6-18(19)21)38(32,33)13-22-28-14-29-37-22/h1-6,11,14,19-20H,7-10,12-13H2/t19-,20-/m0/s1. The average molecular weight is 607 g/mol. The van der Waals surface area contributed by atoms with Crippen LogP contribution in [0.15, 0.2) is 53.7 Å². The van der Waals surface area contributed by atoms with Gasteiger partial charge in [0, 0.05) is 43.7 Å². The first kappa shape index (κ1) is 27.9. The molecular formula is C23H22F4N4O5S3. The molecule has 39 heavy (non-hydrogen) atoms. The smallest absolute Gasteiger partial charge is 0.493 e. The summed E-state index contributed by atoms with van der Waals surface area (Å²) in [6.07, 6.45) is 1.70. The van der Waals surface area contributed by atoms with Crippen LogP contribution in [0.25, 0.3) is 0 Å². The first-order valence-corrected chi connectivity index (χ1v) is 15.6. The highest BCUT2D eigenvalue weighted by Crippen LogP contribution is 2.43. The number of alkyl halides is 3. The highest BCUT2D eigenvalue weighted by Gasteiger charge is 2.52. The summed E-state index contributed by atoms with van der Waals surface area (Å²) in [5.41, 5.74) is -4.39. The number of ether oxygens (including phenoxy) is 1. The van der Waals surface area contributed by atoms with Crippen LogP contribution in [0.3, 0.4) is 0 Å². The monoisotopic (exact) mass is 606 g/mol. The van der Waals surface area contributed by atoms with E-state index in [1.165, 1.54) is 30.6 Å². The van der Waals surface area contributed by atoms with Crippen molar-refractivity contribution in [1.82, 2.24) is 18.6 Å². The van der Waals surface area contributed by atoms with E-state index in [9.17, 15) is 34.4 Å². The molecule has 2 aromatic carbocycles. The summed E-state index contributed by atoms with van der Waals surface area (Å²) in [7, 11) is -9.33. The van der Waals surface area contributed by atoms with Gasteiger partial charge in [0.1, 0.15) is 28.7 Å². The summed E-state index contributed by atoms with van der Waals surface area (Å²) in [5.74, 6) is -0.560. The highest BCUT2D eigenvalue weighted by atomic mass is 32.2. The number of rotatable bonds is 6. The van der Waals surface area contributed by atoms with E-state index in [0.717, 1.165) is 23.7 Å². The molecule has 1 aromatic heterocycles. The third-order valence-electron chi connectivity index (χ3n) is 6.74. The van der Waals surface area contributed by atoms with Crippen LogP contribution in [0.2, 0.25) is 0 Å². The molecule has 0 spiro atoms. The zero-order chi connectivity index (χ0) is 28.0. The minimum absolute atomic E-state index is 0.0216. The second-order valence-electron chi connectivity index (χ2n) is 9.06. The average Bonchev–Trinajstić information content (AvgIpc) is 3.40. The molecule has 0 N–H and O–H groups in total. The Morgan fingerprint density at radius 3 is 2.44 bits per heavy atom. The SMILES string of the molecule is O=S(=O)(Cc1ncns1)c1ccc2c(c1)OCC[C@@H]2N1CCN(S(=O)(=O)C(F)(F)F)C[C@H]1c1ccc(F)cc1. The number of sulfone groups is 1. The van der Waals surface area contributed by atoms with E-state index in [-0.39, 0.29) is 23.8 Å². The van der Waals surface area contributed by atoms with Crippen LogP contribution < -0.4 is 4.74 Å². The molecule has 3 heterocycles. The number of aromatic nitrogens is 2. The van der Waals surface area contributed by atoms with Crippen LogP contribution in [-0.2, 0) is 25.6 Å². The minimum Gasteiger partial charge on any atom is -0.493 e. The predicted octanol–water partition coefficient (Wildman–Crippen LogP) is 3.68. The largest absolute Gasteiger partial charge is 0.511 e. The van der Waals surface area contributed by atoms with Gasteiger partial charge in [-0.25, -0.2) is 26.2 Å². The maximum absolute atomic E-state index is 13.6. The molecular weight excluding hydrogens is 584 g/mol. The van der Waals surface area contributed by atoms with Crippen molar-refractivity contribution >= 4 is 31.4 Å². The maximum Gasteiger partial charge on any atom is 0.511 e. The molecule has 16 heteroatoms. The van der Waals surface area contributed by atoms with Crippen molar-refractivity contribution in [1.29, 1.82) is 0 Å². The van der Waals surface area contributed by atoms with Crippen molar-refractivity contribution in [3.05, 3.63) is 70.7 Å². The molecule has 3 aromatic rings. The molecule has 2 aliphatic rings. The number of hydrogen-bond acceptors (Lipinski definition) is 9. The van der Waals surface area contributed by atoms with Gasteiger partial charge in [0.2, 0.25) is 0 Å². The van der Waals surface area contributed by atoms with Gasteiger partial charge in [-0.15, -0.1) is 0 Å². The van der Waals surface area contributed by atoms with Gasteiger partial charge in [-0.2, -0.15) is 21.9 Å². The van der Waals surface area contributed by atoms with Crippen molar-refractivity contribution in [2.45, 2.75) is 34.7 Å². The molecule has 2 aliphatic heterocycles. The van der Waals surface area contributed by atoms with Crippen molar-refractivity contribution < 1.29 is 39.1 Å². The fourth-order valence-corrected chi connectivity index (χ4v) is 7.95. The predicted molar refractivity (Wildman–Crippen MR) is 132 cm³/mol. The van der Waals surface area contributed by atoms with E-state index in [2.05, 4.69) is 9.36 Å². The molecule has 2 atom stereocenters. The summed E-state index contributed by atoms with van der Waals surface area (Å²) >= 11 is 0.976. The molecule has 210 valence electrons. The van der Waals surface area contributed by atoms with E-state index in [4.69, 9.17) is 4.74 Å². The Morgan fingerprint density at radius 2 is 1.77 bits per heavy atom. The van der Waals surface area contributed by atoms with Crippen molar-refractivity contribution in [2.75, 3.05) is 26.2 Å². The molecule has 0 aliphatic carbocycles. The molecule has 5 rings (SSSR count). The Bertz CT molecular complexity index is 1550. The Labute approximate surface area is 226 Å². The van der Waals surface area contributed by atoms with E-state index in [1.54, 1.807) is 6.07 Å². The fraction of sp³-hybridized carbons (Fsp3) is 0.391. The lowest BCUT2D eigenvalue weighted by atomic mass is 9.94. The van der Waals surface area contributed by atoms with Crippen LogP contribution in [-0.4, -0.2) is 67.1 Å². The van der Waals surface area contributed by atoms with E-state index in [1.807, 2.05) is 4.90 Å². The summed E-state index contributed by atoms with van der Waals surface area (Å²) in [5, 5.41) is 0.334. The number of hydrogen-bond donors (Lipinski definition) is 0. The Morgan fingerprint density at radius 1 is 1.03 bits per heavy atom. The van der Waals surface area contributed by atoms with Crippen molar-refractivity contribution in [3.63, 3.8) is 0 Å². The highest BCUT2D eigenvalue weighted by molar-refractivity contribution is 7.90. The first-order valence-electron chi connectivity index (χ1n) is 11.7. The van der Waals surface area contributed by atoms with Crippen LogP contribution >= 0.6 is 11.5 Å². The van der Waals surface area contributed by atoms with Crippen molar-refractivity contribution in [2.24, 2.45) is 0 Å². The number of sulfonamides is 1. The zero-order valence-electron chi connectivity index (χ0n) is 20.1. The third kappa shape index (κ3) is 5.52. The molecule has 0 amide bonds. The molecule has 0 saturated carbocycles.